The van der Waals surface area contributed by atoms with E-state index in [9.17, 15) is 26.3 Å². The molecule has 2 rings (SSSR count). The average Bonchev–Trinajstić information content (AvgIpc) is 2.47. The molecule has 2 aromatic rings. The molecular weight excluding hydrogens is 298 g/mol. The topological polar surface area (TPSA) is 35.8 Å². The minimum Gasteiger partial charge on any atom is -0.350 e. The summed E-state index contributed by atoms with van der Waals surface area (Å²) in [7, 11) is 0. The highest BCUT2D eigenvalue weighted by atomic mass is 19.2. The van der Waals surface area contributed by atoms with Gasteiger partial charge in [0.05, 0.1) is 11.6 Å². The fourth-order valence-electron chi connectivity index (χ4n) is 1.59. The predicted molar refractivity (Wildman–Crippen MR) is 60.6 cm³/mol. The van der Waals surface area contributed by atoms with Crippen molar-refractivity contribution < 1.29 is 26.3 Å². The van der Waals surface area contributed by atoms with E-state index < -0.39 is 40.6 Å². The first-order valence-corrected chi connectivity index (χ1v) is 5.34. The number of hydrogen-bond acceptors (Lipinski definition) is 2. The zero-order valence-corrected chi connectivity index (χ0v) is 9.95. The minimum atomic E-state index is -2.30. The summed E-state index contributed by atoms with van der Waals surface area (Å²) >= 11 is 0. The maximum Gasteiger partial charge on any atom is 0.200 e. The third kappa shape index (κ3) is 2.63. The van der Waals surface area contributed by atoms with E-state index in [2.05, 4.69) is 0 Å². The molecule has 21 heavy (non-hydrogen) atoms. The number of anilines is 2. The summed E-state index contributed by atoms with van der Waals surface area (Å²) in [6.07, 6.45) is 0. The lowest BCUT2D eigenvalue weighted by Crippen LogP contribution is -2.07. The second-order valence-corrected chi connectivity index (χ2v) is 3.91. The molecule has 0 saturated heterocycles. The predicted octanol–water partition coefficient (Wildman–Crippen LogP) is 4.14. The van der Waals surface area contributed by atoms with Gasteiger partial charge in [-0.25, -0.2) is 26.3 Å². The second kappa shape index (κ2) is 5.36. The maximum atomic E-state index is 13.4. The van der Waals surface area contributed by atoms with Gasteiger partial charge in [-0.1, -0.05) is 0 Å². The van der Waals surface area contributed by atoms with Crippen LogP contribution in [0.2, 0.25) is 0 Å². The number of nitrogens with zero attached hydrogens (tertiary/aromatic N) is 1. The van der Waals surface area contributed by atoms with Gasteiger partial charge in [0.15, 0.2) is 23.3 Å². The Labute approximate surface area is 114 Å². The maximum absolute atomic E-state index is 13.4. The molecule has 0 unspecified atom stereocenters. The molecule has 0 radical (unpaired) electrons. The molecule has 0 atom stereocenters. The van der Waals surface area contributed by atoms with Crippen molar-refractivity contribution in [2.75, 3.05) is 5.32 Å². The number of halogens is 6. The summed E-state index contributed by atoms with van der Waals surface area (Å²) in [6.45, 7) is 0. The van der Waals surface area contributed by atoms with Crippen molar-refractivity contribution in [3.8, 4) is 6.07 Å². The van der Waals surface area contributed by atoms with Gasteiger partial charge >= 0.3 is 0 Å². The summed E-state index contributed by atoms with van der Waals surface area (Å²) in [5, 5.41) is 10.5. The van der Waals surface area contributed by atoms with E-state index >= 15 is 0 Å². The Morgan fingerprint density at radius 1 is 0.762 bits per heavy atom. The molecule has 2 aromatic carbocycles. The summed E-state index contributed by atoms with van der Waals surface area (Å²) in [4.78, 5) is 0. The molecule has 108 valence electrons. The highest BCUT2D eigenvalue weighted by Crippen LogP contribution is 2.30. The van der Waals surface area contributed by atoms with Crippen LogP contribution < -0.4 is 5.32 Å². The molecule has 0 spiro atoms. The van der Waals surface area contributed by atoms with Crippen LogP contribution in [0.1, 0.15) is 5.56 Å². The van der Waals surface area contributed by atoms with Crippen molar-refractivity contribution in [3.63, 3.8) is 0 Å². The van der Waals surface area contributed by atoms with E-state index in [4.69, 9.17) is 5.26 Å². The van der Waals surface area contributed by atoms with Crippen molar-refractivity contribution in [2.45, 2.75) is 0 Å². The number of nitrogens with one attached hydrogen (secondary N) is 1. The molecule has 8 heteroatoms. The fourth-order valence-corrected chi connectivity index (χ4v) is 1.59. The van der Waals surface area contributed by atoms with E-state index in [1.807, 2.05) is 5.32 Å². The average molecular weight is 302 g/mol. The molecule has 1 N–H and O–H groups in total. The Morgan fingerprint density at radius 2 is 1.29 bits per heavy atom. The van der Waals surface area contributed by atoms with E-state index in [0.717, 1.165) is 18.2 Å². The Morgan fingerprint density at radius 3 is 1.81 bits per heavy atom. The van der Waals surface area contributed by atoms with Gasteiger partial charge in [-0.2, -0.15) is 5.26 Å². The van der Waals surface area contributed by atoms with E-state index in [1.54, 1.807) is 6.07 Å². The second-order valence-electron chi connectivity index (χ2n) is 3.91. The van der Waals surface area contributed by atoms with Crippen LogP contribution in [0, 0.1) is 46.2 Å². The van der Waals surface area contributed by atoms with Crippen LogP contribution in [0.15, 0.2) is 18.2 Å². The smallest absolute Gasteiger partial charge is 0.200 e. The molecule has 2 nitrogen and oxygen atoms in total. The van der Waals surface area contributed by atoms with Crippen molar-refractivity contribution in [2.24, 2.45) is 0 Å². The largest absolute Gasteiger partial charge is 0.350 e. The number of rotatable bonds is 2. The van der Waals surface area contributed by atoms with Gasteiger partial charge in [-0.15, -0.1) is 0 Å². The van der Waals surface area contributed by atoms with Crippen molar-refractivity contribution in [1.82, 2.24) is 0 Å². The first-order valence-electron chi connectivity index (χ1n) is 5.34. The molecule has 0 aromatic heterocycles. The fraction of sp³-hybridized carbons (Fsp3) is 0. The molecule has 0 bridgehead atoms. The quantitative estimate of drug-likeness (QED) is 0.514. The summed E-state index contributed by atoms with van der Waals surface area (Å²) < 4.78 is 78.9. The van der Waals surface area contributed by atoms with Crippen molar-refractivity contribution in [1.29, 1.82) is 5.26 Å². The van der Waals surface area contributed by atoms with Gasteiger partial charge in [0.25, 0.3) is 0 Å². The van der Waals surface area contributed by atoms with Crippen molar-refractivity contribution >= 4 is 11.4 Å². The lowest BCUT2D eigenvalue weighted by Gasteiger charge is -2.11. The Balaban J connectivity index is 2.55. The molecule has 0 aliphatic heterocycles. The van der Waals surface area contributed by atoms with Crippen LogP contribution in [-0.4, -0.2) is 0 Å². The highest BCUT2D eigenvalue weighted by Gasteiger charge is 2.25. The van der Waals surface area contributed by atoms with Crippen LogP contribution >= 0.6 is 0 Å². The first-order chi connectivity index (χ1) is 9.85. The number of hydrogen-bond donors (Lipinski definition) is 1. The Hall–Kier alpha value is -2.69. The SMILES string of the molecule is N#Cc1cc(F)cc(Nc2c(F)c(F)c(F)c(F)c2F)c1. The molecule has 0 fully saturated rings. The molecule has 0 amide bonds. The normalized spacial score (nSPS) is 10.3. The molecule has 0 aliphatic rings. The Kier molecular flexibility index (Phi) is 3.76. The summed E-state index contributed by atoms with van der Waals surface area (Å²) in [5.74, 6) is -11.7. The van der Waals surface area contributed by atoms with E-state index in [1.165, 1.54) is 0 Å². The third-order valence-corrected chi connectivity index (χ3v) is 2.51. The summed E-state index contributed by atoms with van der Waals surface area (Å²) in [5.41, 5.74) is -1.86. The van der Waals surface area contributed by atoms with Gasteiger partial charge < -0.3 is 5.32 Å². The molecule has 0 saturated carbocycles. The monoisotopic (exact) mass is 302 g/mol. The summed E-state index contributed by atoms with van der Waals surface area (Å²) in [6, 6.07) is 4.14. The van der Waals surface area contributed by atoms with Gasteiger partial charge in [0.2, 0.25) is 5.82 Å². The zero-order chi connectivity index (χ0) is 15.7. The van der Waals surface area contributed by atoms with Crippen LogP contribution in [0.25, 0.3) is 0 Å². The first kappa shape index (κ1) is 14.7. The van der Waals surface area contributed by atoms with Gasteiger partial charge in [-0.3, -0.25) is 0 Å². The Bertz CT molecular complexity index is 737. The van der Waals surface area contributed by atoms with Gasteiger partial charge in [0, 0.05) is 5.69 Å². The van der Waals surface area contributed by atoms with E-state index in [-0.39, 0.29) is 11.3 Å². The zero-order valence-electron chi connectivity index (χ0n) is 9.95. The highest BCUT2D eigenvalue weighted by molar-refractivity contribution is 5.63. The number of nitriles is 1. The lowest BCUT2D eigenvalue weighted by atomic mass is 10.2. The minimum absolute atomic E-state index is 0.193. The van der Waals surface area contributed by atoms with Crippen LogP contribution in [0.5, 0.6) is 0 Å². The van der Waals surface area contributed by atoms with Gasteiger partial charge in [-0.05, 0) is 18.2 Å². The van der Waals surface area contributed by atoms with Crippen LogP contribution in [0.4, 0.5) is 37.7 Å². The number of benzene rings is 2. The van der Waals surface area contributed by atoms with Crippen LogP contribution in [-0.2, 0) is 0 Å². The molecule has 0 aliphatic carbocycles. The van der Waals surface area contributed by atoms with E-state index in [0.29, 0.717) is 0 Å². The molecule has 0 heterocycles. The third-order valence-electron chi connectivity index (χ3n) is 2.51. The van der Waals surface area contributed by atoms with Crippen molar-refractivity contribution in [3.05, 3.63) is 58.7 Å². The standard InChI is InChI=1S/C13H4F6N2/c14-6-1-5(4-20)2-7(3-6)21-13-11(18)9(16)8(15)10(17)12(13)19/h1-3,21H. The van der Waals surface area contributed by atoms with Crippen LogP contribution in [0.3, 0.4) is 0 Å². The lowest BCUT2D eigenvalue weighted by molar-refractivity contribution is 0.382. The van der Waals surface area contributed by atoms with Gasteiger partial charge in [0.1, 0.15) is 11.5 Å². The molecular formula is C13H4F6N2.